The third kappa shape index (κ3) is 4.20. The van der Waals surface area contributed by atoms with Crippen LogP contribution < -0.4 is 0 Å². The van der Waals surface area contributed by atoms with Crippen molar-refractivity contribution in [3.8, 4) is 0 Å². The molecule has 0 atom stereocenters. The Morgan fingerprint density at radius 2 is 1.78 bits per heavy atom. The maximum absolute atomic E-state index is 12.2. The SMILES string of the molecule is CN(CC(C)(C)C)C(=O)N1CCC(C(=O)O)CC1. The van der Waals surface area contributed by atoms with Crippen LogP contribution in [0.2, 0.25) is 0 Å². The summed E-state index contributed by atoms with van der Waals surface area (Å²) in [7, 11) is 1.80. The van der Waals surface area contributed by atoms with Crippen LogP contribution in [0, 0.1) is 11.3 Å². The molecule has 0 saturated carbocycles. The Morgan fingerprint density at radius 3 is 2.17 bits per heavy atom. The number of amides is 2. The zero-order chi connectivity index (χ0) is 13.9. The Balaban J connectivity index is 2.47. The smallest absolute Gasteiger partial charge is 0.319 e. The summed E-state index contributed by atoms with van der Waals surface area (Å²) in [5, 5.41) is 8.91. The van der Waals surface area contributed by atoms with E-state index >= 15 is 0 Å². The number of piperidine rings is 1. The number of hydrogen-bond donors (Lipinski definition) is 1. The Labute approximate surface area is 109 Å². The number of hydrogen-bond acceptors (Lipinski definition) is 2. The van der Waals surface area contributed by atoms with Crippen molar-refractivity contribution in [2.45, 2.75) is 33.6 Å². The van der Waals surface area contributed by atoms with Gasteiger partial charge in [0.1, 0.15) is 0 Å². The summed E-state index contributed by atoms with van der Waals surface area (Å²) in [6.07, 6.45) is 1.12. The number of carboxylic acid groups (broad SMARTS) is 1. The molecule has 1 heterocycles. The molecule has 0 aliphatic carbocycles. The summed E-state index contributed by atoms with van der Waals surface area (Å²) in [6, 6.07) is 0.00811. The molecule has 1 N–H and O–H groups in total. The van der Waals surface area contributed by atoms with E-state index < -0.39 is 5.97 Å². The van der Waals surface area contributed by atoms with Gasteiger partial charge in [-0.15, -0.1) is 0 Å². The van der Waals surface area contributed by atoms with E-state index in [4.69, 9.17) is 5.11 Å². The predicted octanol–water partition coefficient (Wildman–Crippen LogP) is 1.88. The third-order valence-electron chi connectivity index (χ3n) is 3.15. The zero-order valence-electron chi connectivity index (χ0n) is 11.8. The minimum absolute atomic E-state index is 0.00811. The molecular formula is C13H24N2O3. The third-order valence-corrected chi connectivity index (χ3v) is 3.15. The molecule has 1 saturated heterocycles. The molecule has 0 aromatic carbocycles. The van der Waals surface area contributed by atoms with Crippen molar-refractivity contribution in [2.75, 3.05) is 26.7 Å². The Morgan fingerprint density at radius 1 is 1.28 bits per heavy atom. The van der Waals surface area contributed by atoms with Crippen molar-refractivity contribution in [1.29, 1.82) is 0 Å². The van der Waals surface area contributed by atoms with E-state index in [1.165, 1.54) is 0 Å². The van der Waals surface area contributed by atoms with E-state index in [1.807, 2.05) is 0 Å². The lowest BCUT2D eigenvalue weighted by Gasteiger charge is -2.35. The van der Waals surface area contributed by atoms with E-state index in [0.717, 1.165) is 0 Å². The molecule has 5 heteroatoms. The van der Waals surface area contributed by atoms with Crippen molar-refractivity contribution in [3.63, 3.8) is 0 Å². The van der Waals surface area contributed by atoms with Gasteiger partial charge in [0, 0.05) is 26.7 Å². The van der Waals surface area contributed by atoms with Crippen LogP contribution in [-0.4, -0.2) is 53.6 Å². The fourth-order valence-corrected chi connectivity index (χ4v) is 2.34. The standard InChI is InChI=1S/C13H24N2O3/c1-13(2,3)9-14(4)12(18)15-7-5-10(6-8-15)11(16)17/h10H,5-9H2,1-4H3,(H,16,17). The summed E-state index contributed by atoms with van der Waals surface area (Å²) in [5.74, 6) is -1.04. The van der Waals surface area contributed by atoms with Gasteiger partial charge in [0.25, 0.3) is 0 Å². The molecule has 0 aromatic heterocycles. The molecule has 1 aliphatic rings. The molecule has 0 unspecified atom stereocenters. The first-order valence-corrected chi connectivity index (χ1v) is 6.43. The summed E-state index contributed by atoms with van der Waals surface area (Å²) in [6.45, 7) is 8.06. The van der Waals surface area contributed by atoms with E-state index in [1.54, 1.807) is 16.8 Å². The number of likely N-dealkylation sites (tertiary alicyclic amines) is 1. The van der Waals surface area contributed by atoms with Gasteiger partial charge in [-0.05, 0) is 18.3 Å². The summed E-state index contributed by atoms with van der Waals surface area (Å²) >= 11 is 0. The topological polar surface area (TPSA) is 60.9 Å². The highest BCUT2D eigenvalue weighted by Crippen LogP contribution is 2.20. The Bertz CT molecular complexity index is 315. The van der Waals surface area contributed by atoms with Crippen LogP contribution in [0.4, 0.5) is 4.79 Å². The molecule has 18 heavy (non-hydrogen) atoms. The first-order chi connectivity index (χ1) is 8.20. The van der Waals surface area contributed by atoms with Crippen molar-refractivity contribution >= 4 is 12.0 Å². The molecule has 0 bridgehead atoms. The number of carbonyl (C=O) groups is 2. The number of nitrogens with zero attached hydrogens (tertiary/aromatic N) is 2. The van der Waals surface area contributed by atoms with E-state index in [-0.39, 0.29) is 17.4 Å². The van der Waals surface area contributed by atoms with Crippen LogP contribution in [-0.2, 0) is 4.79 Å². The molecule has 1 aliphatic heterocycles. The number of rotatable bonds is 2. The van der Waals surface area contributed by atoms with Gasteiger partial charge in [0.05, 0.1) is 5.92 Å². The van der Waals surface area contributed by atoms with Gasteiger partial charge in [0.15, 0.2) is 0 Å². The Kier molecular flexibility index (Phi) is 4.59. The molecule has 104 valence electrons. The lowest BCUT2D eigenvalue weighted by atomic mass is 9.96. The molecule has 5 nitrogen and oxygen atoms in total. The summed E-state index contributed by atoms with van der Waals surface area (Å²) in [4.78, 5) is 26.5. The van der Waals surface area contributed by atoms with Gasteiger partial charge in [-0.1, -0.05) is 20.8 Å². The number of aliphatic carboxylic acids is 1. The first kappa shape index (κ1) is 14.8. The van der Waals surface area contributed by atoms with Crippen LogP contribution in [0.15, 0.2) is 0 Å². The maximum atomic E-state index is 12.2. The summed E-state index contributed by atoms with van der Waals surface area (Å²) < 4.78 is 0. The van der Waals surface area contributed by atoms with Crippen LogP contribution in [0.5, 0.6) is 0 Å². The number of urea groups is 1. The fourth-order valence-electron chi connectivity index (χ4n) is 2.34. The van der Waals surface area contributed by atoms with Crippen molar-refractivity contribution in [1.82, 2.24) is 9.80 Å². The van der Waals surface area contributed by atoms with Crippen molar-refractivity contribution < 1.29 is 14.7 Å². The molecule has 1 rings (SSSR count). The second-order valence-corrected chi connectivity index (χ2v) is 6.30. The Hall–Kier alpha value is -1.26. The molecule has 1 fully saturated rings. The maximum Gasteiger partial charge on any atom is 0.319 e. The number of carbonyl (C=O) groups excluding carboxylic acids is 1. The van der Waals surface area contributed by atoms with Gasteiger partial charge < -0.3 is 14.9 Å². The minimum atomic E-state index is -0.745. The predicted molar refractivity (Wildman–Crippen MR) is 69.4 cm³/mol. The molecule has 0 radical (unpaired) electrons. The lowest BCUT2D eigenvalue weighted by Crippen LogP contribution is -2.48. The monoisotopic (exact) mass is 256 g/mol. The van der Waals surface area contributed by atoms with E-state index in [2.05, 4.69) is 20.8 Å². The largest absolute Gasteiger partial charge is 0.481 e. The minimum Gasteiger partial charge on any atom is -0.481 e. The van der Waals surface area contributed by atoms with Gasteiger partial charge in [-0.3, -0.25) is 4.79 Å². The van der Waals surface area contributed by atoms with Crippen LogP contribution >= 0.6 is 0 Å². The van der Waals surface area contributed by atoms with Crippen molar-refractivity contribution in [3.05, 3.63) is 0 Å². The average molecular weight is 256 g/mol. The lowest BCUT2D eigenvalue weighted by molar-refractivity contribution is -0.143. The van der Waals surface area contributed by atoms with Gasteiger partial charge in [0.2, 0.25) is 0 Å². The van der Waals surface area contributed by atoms with E-state index in [9.17, 15) is 9.59 Å². The second-order valence-electron chi connectivity index (χ2n) is 6.30. The molecule has 0 spiro atoms. The van der Waals surface area contributed by atoms with Crippen LogP contribution in [0.1, 0.15) is 33.6 Å². The van der Waals surface area contributed by atoms with Crippen molar-refractivity contribution in [2.24, 2.45) is 11.3 Å². The first-order valence-electron chi connectivity index (χ1n) is 6.43. The van der Waals surface area contributed by atoms with E-state index in [0.29, 0.717) is 32.5 Å². The quantitative estimate of drug-likeness (QED) is 0.820. The van der Waals surface area contributed by atoms with Gasteiger partial charge in [-0.2, -0.15) is 0 Å². The molecule has 0 aromatic rings. The van der Waals surface area contributed by atoms with Crippen LogP contribution in [0.3, 0.4) is 0 Å². The number of carboxylic acids is 1. The molecular weight excluding hydrogens is 232 g/mol. The summed E-state index contributed by atoms with van der Waals surface area (Å²) in [5.41, 5.74) is 0.0732. The highest BCUT2D eigenvalue weighted by molar-refractivity contribution is 5.75. The van der Waals surface area contributed by atoms with Gasteiger partial charge >= 0.3 is 12.0 Å². The van der Waals surface area contributed by atoms with Gasteiger partial charge in [-0.25, -0.2) is 4.79 Å². The fraction of sp³-hybridized carbons (Fsp3) is 0.846. The van der Waals surface area contributed by atoms with Crippen LogP contribution in [0.25, 0.3) is 0 Å². The highest BCUT2D eigenvalue weighted by Gasteiger charge is 2.29. The molecule has 2 amide bonds. The second kappa shape index (κ2) is 5.59. The zero-order valence-corrected chi connectivity index (χ0v) is 11.8. The highest BCUT2D eigenvalue weighted by atomic mass is 16.4. The average Bonchev–Trinajstić information content (AvgIpc) is 2.26. The normalized spacial score (nSPS) is 17.7.